The van der Waals surface area contributed by atoms with E-state index in [9.17, 15) is 4.79 Å². The zero-order valence-corrected chi connectivity index (χ0v) is 20.2. The van der Waals surface area contributed by atoms with E-state index >= 15 is 0 Å². The fraction of sp³-hybridized carbons (Fsp3) is 0.360. The predicted octanol–water partition coefficient (Wildman–Crippen LogP) is 4.86. The Labute approximate surface area is 199 Å². The highest BCUT2D eigenvalue weighted by atomic mass is 32.1. The molecule has 33 heavy (non-hydrogen) atoms. The Bertz CT molecular complexity index is 1070. The van der Waals surface area contributed by atoms with Crippen molar-refractivity contribution in [3.8, 4) is 0 Å². The molecule has 0 unspecified atom stereocenters. The number of hydrogen-bond donors (Lipinski definition) is 2. The van der Waals surface area contributed by atoms with E-state index in [0.717, 1.165) is 55.3 Å². The summed E-state index contributed by atoms with van der Waals surface area (Å²) in [6.07, 6.45) is 0. The van der Waals surface area contributed by atoms with Crippen molar-refractivity contribution < 1.29 is 9.53 Å². The van der Waals surface area contributed by atoms with Crippen LogP contribution in [-0.2, 0) is 11.3 Å². The van der Waals surface area contributed by atoms with Crippen LogP contribution in [0.2, 0.25) is 0 Å². The van der Waals surface area contributed by atoms with Gasteiger partial charge in [-0.1, -0.05) is 18.2 Å². The van der Waals surface area contributed by atoms with Gasteiger partial charge < -0.3 is 20.3 Å². The van der Waals surface area contributed by atoms with Crippen molar-refractivity contribution in [1.29, 1.82) is 0 Å². The second-order valence-corrected chi connectivity index (χ2v) is 9.17. The molecule has 174 valence electrons. The van der Waals surface area contributed by atoms with Gasteiger partial charge in [-0.05, 0) is 56.3 Å². The maximum Gasteiger partial charge on any atom is 0.357 e. The maximum atomic E-state index is 11.9. The lowest BCUT2D eigenvalue weighted by Crippen LogP contribution is -2.43. The molecule has 8 heteroatoms. The average Bonchev–Trinajstić information content (AvgIpc) is 3.28. The minimum Gasteiger partial charge on any atom is -0.461 e. The Morgan fingerprint density at radius 2 is 1.79 bits per heavy atom. The van der Waals surface area contributed by atoms with Crippen molar-refractivity contribution in [1.82, 2.24) is 14.8 Å². The van der Waals surface area contributed by atoms with Gasteiger partial charge in [0.1, 0.15) is 0 Å². The molecule has 7 nitrogen and oxygen atoms in total. The lowest BCUT2D eigenvalue weighted by atomic mass is 10.1. The predicted molar refractivity (Wildman–Crippen MR) is 135 cm³/mol. The van der Waals surface area contributed by atoms with Crippen molar-refractivity contribution in [2.45, 2.75) is 20.4 Å². The summed E-state index contributed by atoms with van der Waals surface area (Å²) >= 11 is 1.38. The Kier molecular flexibility index (Phi) is 7.59. The highest BCUT2D eigenvalue weighted by Crippen LogP contribution is 2.28. The maximum absolute atomic E-state index is 11.9. The highest BCUT2D eigenvalue weighted by molar-refractivity contribution is 7.14. The van der Waals surface area contributed by atoms with E-state index in [1.54, 1.807) is 12.3 Å². The molecule has 1 aliphatic rings. The Morgan fingerprint density at radius 1 is 1.06 bits per heavy atom. The number of esters is 1. The summed E-state index contributed by atoms with van der Waals surface area (Å²) < 4.78 is 5.02. The monoisotopic (exact) mass is 465 g/mol. The van der Waals surface area contributed by atoms with E-state index in [2.05, 4.69) is 74.9 Å². The van der Waals surface area contributed by atoms with Gasteiger partial charge in [0, 0.05) is 55.2 Å². The number of piperazine rings is 1. The van der Waals surface area contributed by atoms with Crippen LogP contribution < -0.4 is 10.6 Å². The molecule has 0 bridgehead atoms. The first-order chi connectivity index (χ1) is 16.0. The fourth-order valence-electron chi connectivity index (χ4n) is 3.70. The van der Waals surface area contributed by atoms with Crippen LogP contribution in [0, 0.1) is 6.92 Å². The second-order valence-electron chi connectivity index (χ2n) is 8.31. The Hall–Kier alpha value is -2.94. The van der Waals surface area contributed by atoms with Gasteiger partial charge in [-0.25, -0.2) is 9.78 Å². The third kappa shape index (κ3) is 6.31. The molecule has 1 saturated heterocycles. The minimum absolute atomic E-state index is 0.327. The van der Waals surface area contributed by atoms with E-state index in [1.165, 1.54) is 16.9 Å². The molecule has 1 aliphatic heterocycles. The van der Waals surface area contributed by atoms with Crippen molar-refractivity contribution in [2.75, 3.05) is 50.5 Å². The average molecular weight is 466 g/mol. The standard InChI is InChI=1S/C25H31N5O2S/c1-4-32-24(31)23-17-33-25(28-23)27-22-15-21(8-5-18(22)2)26-20-9-6-19(7-10-20)16-30-13-11-29(3)12-14-30/h5-10,15,17,26H,4,11-14,16H2,1-3H3,(H,27,28). The normalized spacial score (nSPS) is 14.8. The first kappa shape index (κ1) is 23.2. The molecular weight excluding hydrogens is 434 g/mol. The van der Waals surface area contributed by atoms with Gasteiger partial charge in [0.2, 0.25) is 0 Å². The van der Waals surface area contributed by atoms with Gasteiger partial charge >= 0.3 is 5.97 Å². The van der Waals surface area contributed by atoms with Gasteiger partial charge in [-0.15, -0.1) is 11.3 Å². The first-order valence-electron chi connectivity index (χ1n) is 11.3. The van der Waals surface area contributed by atoms with Crippen LogP contribution in [0.1, 0.15) is 28.5 Å². The number of aromatic nitrogens is 1. The molecule has 4 rings (SSSR count). The van der Waals surface area contributed by atoms with Gasteiger partial charge in [0.05, 0.1) is 6.61 Å². The third-order valence-electron chi connectivity index (χ3n) is 5.71. The van der Waals surface area contributed by atoms with Crippen LogP contribution in [0.15, 0.2) is 47.8 Å². The van der Waals surface area contributed by atoms with Crippen LogP contribution in [0.5, 0.6) is 0 Å². The van der Waals surface area contributed by atoms with E-state index < -0.39 is 5.97 Å². The molecule has 0 aliphatic carbocycles. The Balaban J connectivity index is 1.38. The summed E-state index contributed by atoms with van der Waals surface area (Å²) in [5.74, 6) is -0.398. The van der Waals surface area contributed by atoms with Crippen LogP contribution in [0.3, 0.4) is 0 Å². The largest absolute Gasteiger partial charge is 0.461 e. The van der Waals surface area contributed by atoms with Crippen LogP contribution in [-0.4, -0.2) is 60.6 Å². The molecule has 0 saturated carbocycles. The third-order valence-corrected chi connectivity index (χ3v) is 6.47. The smallest absolute Gasteiger partial charge is 0.357 e. The second kappa shape index (κ2) is 10.8. The molecular formula is C25H31N5O2S. The van der Waals surface area contributed by atoms with Gasteiger partial charge in [0.15, 0.2) is 10.8 Å². The Morgan fingerprint density at radius 3 is 2.52 bits per heavy atom. The van der Waals surface area contributed by atoms with Gasteiger partial charge in [-0.3, -0.25) is 4.90 Å². The molecule has 0 spiro atoms. The number of nitrogens with one attached hydrogen (secondary N) is 2. The van der Waals surface area contributed by atoms with E-state index in [0.29, 0.717) is 17.4 Å². The molecule has 1 aromatic heterocycles. The molecule has 0 atom stereocenters. The quantitative estimate of drug-likeness (QED) is 0.460. The number of ether oxygens (including phenoxy) is 1. The number of benzene rings is 2. The van der Waals surface area contributed by atoms with E-state index in [-0.39, 0.29) is 0 Å². The molecule has 2 aromatic carbocycles. The number of thiazole rings is 1. The lowest BCUT2D eigenvalue weighted by molar-refractivity contribution is 0.0520. The molecule has 1 fully saturated rings. The number of aryl methyl sites for hydroxylation is 1. The summed E-state index contributed by atoms with van der Waals surface area (Å²) in [7, 11) is 2.18. The fourth-order valence-corrected chi connectivity index (χ4v) is 4.40. The van der Waals surface area contributed by atoms with Crippen molar-refractivity contribution in [2.24, 2.45) is 0 Å². The summed E-state index contributed by atoms with van der Waals surface area (Å²) in [5.41, 5.74) is 5.72. The zero-order chi connectivity index (χ0) is 23.2. The number of rotatable bonds is 8. The number of carbonyl (C=O) groups excluding carboxylic acids is 1. The summed E-state index contributed by atoms with van der Waals surface area (Å²) in [5, 5.41) is 9.18. The minimum atomic E-state index is -0.398. The SMILES string of the molecule is CCOC(=O)c1csc(Nc2cc(Nc3ccc(CN4CCN(C)CC4)cc3)ccc2C)n1. The summed E-state index contributed by atoms with van der Waals surface area (Å²) in [4.78, 5) is 21.1. The number of likely N-dealkylation sites (N-methyl/N-ethyl adjacent to an activating group) is 1. The van der Waals surface area contributed by atoms with E-state index in [4.69, 9.17) is 4.74 Å². The number of carbonyl (C=O) groups is 1. The summed E-state index contributed by atoms with van der Waals surface area (Å²) in [6.45, 7) is 9.66. The van der Waals surface area contributed by atoms with Gasteiger partial charge in [-0.2, -0.15) is 0 Å². The molecule has 0 amide bonds. The topological polar surface area (TPSA) is 69.7 Å². The van der Waals surface area contributed by atoms with Crippen LogP contribution >= 0.6 is 11.3 Å². The van der Waals surface area contributed by atoms with Crippen LogP contribution in [0.4, 0.5) is 22.2 Å². The number of hydrogen-bond acceptors (Lipinski definition) is 8. The van der Waals surface area contributed by atoms with Gasteiger partial charge in [0.25, 0.3) is 0 Å². The molecule has 0 radical (unpaired) electrons. The van der Waals surface area contributed by atoms with Crippen molar-refractivity contribution in [3.63, 3.8) is 0 Å². The van der Waals surface area contributed by atoms with Crippen LogP contribution in [0.25, 0.3) is 0 Å². The van der Waals surface area contributed by atoms with E-state index in [1.807, 2.05) is 6.92 Å². The summed E-state index contributed by atoms with van der Waals surface area (Å²) in [6, 6.07) is 14.8. The molecule has 3 aromatic rings. The molecule has 2 N–H and O–H groups in total. The lowest BCUT2D eigenvalue weighted by Gasteiger charge is -2.32. The molecule has 2 heterocycles. The van der Waals surface area contributed by atoms with Crippen molar-refractivity contribution >= 4 is 39.5 Å². The highest BCUT2D eigenvalue weighted by Gasteiger charge is 2.14. The zero-order valence-electron chi connectivity index (χ0n) is 19.4. The first-order valence-corrected chi connectivity index (χ1v) is 12.2. The number of nitrogens with zero attached hydrogens (tertiary/aromatic N) is 3. The number of anilines is 4. The van der Waals surface area contributed by atoms with Crippen molar-refractivity contribution in [3.05, 3.63) is 64.7 Å².